The van der Waals surface area contributed by atoms with E-state index in [0.29, 0.717) is 5.69 Å². The van der Waals surface area contributed by atoms with Crippen molar-refractivity contribution in [1.29, 1.82) is 0 Å². The second-order valence-corrected chi connectivity index (χ2v) is 15.9. The molecule has 3 N–H and O–H groups in total. The zero-order chi connectivity index (χ0) is 35.9. The third-order valence-corrected chi connectivity index (χ3v) is 11.2. The summed E-state index contributed by atoms with van der Waals surface area (Å²) in [5, 5.41) is 27.1. The molecule has 1 aromatic heterocycles. The summed E-state index contributed by atoms with van der Waals surface area (Å²) in [6.45, 7) is 9.18. The van der Waals surface area contributed by atoms with E-state index in [1.54, 1.807) is 0 Å². The van der Waals surface area contributed by atoms with Crippen LogP contribution in [-0.4, -0.2) is 93.4 Å². The normalized spacial score (nSPS) is 16.0. The number of phenolic OH excluding ortho intramolecular Hbond substituents is 1. The number of amides is 4. The molecule has 0 aliphatic carbocycles. The minimum Gasteiger partial charge on any atom is -0.508 e. The Morgan fingerprint density at radius 2 is 1.71 bits per heavy atom. The number of aliphatic hydroxyl groups excluding tert-OH is 1. The van der Waals surface area contributed by atoms with Crippen LogP contribution >= 0.6 is 11.3 Å². The van der Waals surface area contributed by atoms with Gasteiger partial charge in [0.1, 0.15) is 11.8 Å². The van der Waals surface area contributed by atoms with Crippen LogP contribution in [0.1, 0.15) is 57.3 Å². The maximum absolute atomic E-state index is 14.2. The molecule has 14 heteroatoms. The standard InChI is InChI=1S/C35H47N5O7S2/c1-6-31-36-26(22-48-31)20-40-32(43)16-17-39(35(40)45)33(24(4)5)34(44)37-29(18-25-10-8-7-9-11-25)30(42)21-38(19-23(2)3)49(46,47)28-14-12-27(41)13-15-28/h7-15,22-24,29-30,33,41-42H,6,16-21H2,1-5H3,(H,37,44)/t29-,30+,33-/m0/s1. The Kier molecular flexibility index (Phi) is 12.9. The number of hydrogen-bond acceptors (Lipinski definition) is 9. The summed E-state index contributed by atoms with van der Waals surface area (Å²) in [6.07, 6.45) is -0.365. The lowest BCUT2D eigenvalue weighted by Crippen LogP contribution is -2.62. The first-order valence-corrected chi connectivity index (χ1v) is 18.9. The van der Waals surface area contributed by atoms with Gasteiger partial charge in [-0.1, -0.05) is 65.0 Å². The fraction of sp³-hybridized carbons (Fsp3) is 0.486. The van der Waals surface area contributed by atoms with Crippen LogP contribution < -0.4 is 5.32 Å². The molecule has 1 saturated heterocycles. The number of rotatable bonds is 16. The number of thiazole rings is 1. The number of urea groups is 1. The molecular formula is C35H47N5O7S2. The van der Waals surface area contributed by atoms with Crippen molar-refractivity contribution in [3.8, 4) is 5.75 Å². The fourth-order valence-corrected chi connectivity index (χ4v) is 8.23. The van der Waals surface area contributed by atoms with Crippen LogP contribution in [0.2, 0.25) is 0 Å². The topological polar surface area (TPSA) is 160 Å². The summed E-state index contributed by atoms with van der Waals surface area (Å²) >= 11 is 1.46. The highest BCUT2D eigenvalue weighted by molar-refractivity contribution is 7.89. The predicted octanol–water partition coefficient (Wildman–Crippen LogP) is 4.03. The highest BCUT2D eigenvalue weighted by Crippen LogP contribution is 2.24. The molecule has 0 unspecified atom stereocenters. The summed E-state index contributed by atoms with van der Waals surface area (Å²) < 4.78 is 28.7. The van der Waals surface area contributed by atoms with Gasteiger partial charge in [-0.15, -0.1) is 11.3 Å². The molecule has 3 atom stereocenters. The van der Waals surface area contributed by atoms with Gasteiger partial charge in [-0.05, 0) is 54.5 Å². The lowest BCUT2D eigenvalue weighted by molar-refractivity contribution is -0.136. The van der Waals surface area contributed by atoms with E-state index in [-0.39, 0.29) is 67.4 Å². The minimum atomic E-state index is -4.08. The van der Waals surface area contributed by atoms with Crippen molar-refractivity contribution in [2.75, 3.05) is 19.6 Å². The Morgan fingerprint density at radius 3 is 2.31 bits per heavy atom. The Bertz CT molecular complexity index is 1680. The molecule has 3 aromatic rings. The van der Waals surface area contributed by atoms with Gasteiger partial charge in [0.25, 0.3) is 0 Å². The molecule has 0 spiro atoms. The number of hydrogen-bond donors (Lipinski definition) is 3. The molecule has 49 heavy (non-hydrogen) atoms. The van der Waals surface area contributed by atoms with Crippen molar-refractivity contribution in [1.82, 2.24) is 24.4 Å². The van der Waals surface area contributed by atoms with Gasteiger partial charge in [-0.2, -0.15) is 4.31 Å². The number of benzene rings is 2. The lowest BCUT2D eigenvalue weighted by atomic mass is 9.97. The molecule has 0 saturated carbocycles. The number of imide groups is 1. The van der Waals surface area contributed by atoms with Crippen molar-refractivity contribution in [2.24, 2.45) is 11.8 Å². The van der Waals surface area contributed by atoms with Crippen molar-refractivity contribution in [3.63, 3.8) is 0 Å². The van der Waals surface area contributed by atoms with Crippen molar-refractivity contribution < 1.29 is 33.0 Å². The van der Waals surface area contributed by atoms with Gasteiger partial charge in [0.05, 0.1) is 34.3 Å². The molecule has 0 bridgehead atoms. The van der Waals surface area contributed by atoms with E-state index in [4.69, 9.17) is 0 Å². The highest BCUT2D eigenvalue weighted by atomic mass is 32.2. The van der Waals surface area contributed by atoms with E-state index in [9.17, 15) is 33.0 Å². The molecule has 4 amide bonds. The van der Waals surface area contributed by atoms with Gasteiger partial charge >= 0.3 is 6.03 Å². The molecule has 12 nitrogen and oxygen atoms in total. The van der Waals surface area contributed by atoms with E-state index < -0.39 is 40.1 Å². The maximum atomic E-state index is 14.2. The zero-order valence-corrected chi connectivity index (χ0v) is 30.3. The number of aliphatic hydroxyl groups is 1. The number of carbonyl (C=O) groups is 3. The maximum Gasteiger partial charge on any atom is 0.327 e. The number of aryl methyl sites for hydroxylation is 1. The predicted molar refractivity (Wildman–Crippen MR) is 187 cm³/mol. The number of carbonyl (C=O) groups excluding carboxylic acids is 3. The number of sulfonamides is 1. The van der Waals surface area contributed by atoms with Gasteiger partial charge < -0.3 is 20.4 Å². The van der Waals surface area contributed by atoms with Crippen LogP contribution in [0, 0.1) is 11.8 Å². The number of nitrogens with one attached hydrogen (secondary N) is 1. The van der Waals surface area contributed by atoms with E-state index in [2.05, 4.69) is 10.3 Å². The number of nitrogens with zero attached hydrogens (tertiary/aromatic N) is 4. The molecule has 1 aliphatic rings. The van der Waals surface area contributed by atoms with Crippen LogP contribution in [-0.2, 0) is 39.0 Å². The Morgan fingerprint density at radius 1 is 1.04 bits per heavy atom. The van der Waals surface area contributed by atoms with Crippen molar-refractivity contribution in [3.05, 3.63) is 76.2 Å². The average Bonchev–Trinajstić information content (AvgIpc) is 3.51. The molecule has 2 aromatic carbocycles. The second-order valence-electron chi connectivity index (χ2n) is 13.1. The van der Waals surface area contributed by atoms with Crippen LogP contribution in [0.5, 0.6) is 5.75 Å². The fourth-order valence-electron chi connectivity index (χ4n) is 5.87. The summed E-state index contributed by atoms with van der Waals surface area (Å²) in [5.74, 6) is -1.37. The van der Waals surface area contributed by atoms with Crippen molar-refractivity contribution >= 4 is 39.2 Å². The van der Waals surface area contributed by atoms with Crippen LogP contribution in [0.15, 0.2) is 64.9 Å². The van der Waals surface area contributed by atoms with Gasteiger partial charge in [-0.25, -0.2) is 18.2 Å². The van der Waals surface area contributed by atoms with Gasteiger partial charge in [-0.3, -0.25) is 14.5 Å². The van der Waals surface area contributed by atoms with Gasteiger partial charge in [0.15, 0.2) is 0 Å². The first kappa shape index (κ1) is 38.0. The molecule has 2 heterocycles. The molecular weight excluding hydrogens is 667 g/mol. The highest BCUT2D eigenvalue weighted by Gasteiger charge is 2.41. The number of aromatic hydroxyl groups is 1. The van der Waals surface area contributed by atoms with Gasteiger partial charge in [0, 0.05) is 31.4 Å². The first-order chi connectivity index (χ1) is 23.2. The Balaban J connectivity index is 1.60. The van der Waals surface area contributed by atoms with E-state index in [1.165, 1.54) is 44.8 Å². The summed E-state index contributed by atoms with van der Waals surface area (Å²) in [4.78, 5) is 47.8. The van der Waals surface area contributed by atoms with E-state index in [1.807, 2.05) is 70.3 Å². The average molecular weight is 714 g/mol. The summed E-state index contributed by atoms with van der Waals surface area (Å²) in [6, 6.07) is 11.9. The Labute approximate surface area is 292 Å². The minimum absolute atomic E-state index is 0.00758. The number of phenols is 1. The van der Waals surface area contributed by atoms with Crippen LogP contribution in [0.3, 0.4) is 0 Å². The monoisotopic (exact) mass is 713 g/mol. The largest absolute Gasteiger partial charge is 0.508 e. The summed E-state index contributed by atoms with van der Waals surface area (Å²) in [7, 11) is -4.08. The van der Waals surface area contributed by atoms with Crippen molar-refractivity contribution in [2.45, 2.75) is 83.5 Å². The smallest absolute Gasteiger partial charge is 0.327 e. The van der Waals surface area contributed by atoms with Crippen LogP contribution in [0.4, 0.5) is 4.79 Å². The molecule has 1 fully saturated rings. The lowest BCUT2D eigenvalue weighted by Gasteiger charge is -2.40. The van der Waals surface area contributed by atoms with E-state index in [0.717, 1.165) is 21.9 Å². The summed E-state index contributed by atoms with van der Waals surface area (Å²) in [5.41, 5.74) is 1.42. The molecule has 1 aliphatic heterocycles. The quantitative estimate of drug-likeness (QED) is 0.201. The third kappa shape index (κ3) is 9.65. The molecule has 0 radical (unpaired) electrons. The Hall–Kier alpha value is -3.85. The third-order valence-electron chi connectivity index (χ3n) is 8.33. The second kappa shape index (κ2) is 16.7. The molecule has 266 valence electrons. The van der Waals surface area contributed by atoms with Crippen LogP contribution in [0.25, 0.3) is 0 Å². The zero-order valence-electron chi connectivity index (χ0n) is 28.7. The van der Waals surface area contributed by atoms with E-state index >= 15 is 0 Å². The first-order valence-electron chi connectivity index (χ1n) is 16.6. The SMILES string of the molecule is CCc1nc(CN2C(=O)CCN([C@H](C(=O)N[C@@H](Cc3ccccc3)[C@H](O)CN(CC(C)C)S(=O)(=O)c3ccc(O)cc3)C(C)C)C2=O)cs1. The van der Waals surface area contributed by atoms with Gasteiger partial charge in [0.2, 0.25) is 21.8 Å². The molecule has 4 rings (SSSR count). The number of aromatic nitrogens is 1.